The first-order valence-electron chi connectivity index (χ1n) is 9.47. The van der Waals surface area contributed by atoms with Crippen molar-refractivity contribution >= 4 is 46.0 Å². The molecule has 0 spiro atoms. The summed E-state index contributed by atoms with van der Waals surface area (Å²) in [4.78, 5) is 19.0. The number of halogens is 1. The molecule has 2 aromatic carbocycles. The second-order valence-electron chi connectivity index (χ2n) is 7.08. The number of carbonyl (C=O) groups excluding carboxylic acids is 1. The molecule has 0 atom stereocenters. The van der Waals surface area contributed by atoms with Gasteiger partial charge in [0, 0.05) is 21.3 Å². The maximum Gasteiger partial charge on any atom is 0.256 e. The van der Waals surface area contributed by atoms with E-state index in [1.807, 2.05) is 69.5 Å². The highest BCUT2D eigenvalue weighted by atomic mass is 35.5. The molecular formula is C23H21ClN4OS. The summed E-state index contributed by atoms with van der Waals surface area (Å²) in [6.45, 7) is 5.71. The number of nitrogens with zero attached hydrogens (tertiary/aromatic N) is 3. The molecule has 0 aliphatic carbocycles. The van der Waals surface area contributed by atoms with Crippen LogP contribution in [0.5, 0.6) is 0 Å². The van der Waals surface area contributed by atoms with Crippen molar-refractivity contribution in [1.82, 2.24) is 14.8 Å². The molecule has 2 aromatic heterocycles. The van der Waals surface area contributed by atoms with E-state index < -0.39 is 0 Å². The number of rotatable bonds is 4. The van der Waals surface area contributed by atoms with Gasteiger partial charge in [-0.15, -0.1) is 11.8 Å². The SMILES string of the molecule is CSc1cccc(NC(=O)c2cc(C)nc3c2c(C)nn3-c2cccc(Cl)c2C)c1. The summed E-state index contributed by atoms with van der Waals surface area (Å²) in [5.74, 6) is -0.186. The minimum absolute atomic E-state index is 0.186. The number of nitrogens with one attached hydrogen (secondary N) is 1. The summed E-state index contributed by atoms with van der Waals surface area (Å²) < 4.78 is 1.77. The molecule has 5 nitrogen and oxygen atoms in total. The standard InChI is InChI=1S/C23H21ClN4OS/c1-13-11-18(23(29)26-16-7-5-8-17(12-16)30-4)21-15(3)27-28(22(21)25-13)20-10-6-9-19(24)14(20)2/h5-12H,1-4H3,(H,26,29). The lowest BCUT2D eigenvalue weighted by Gasteiger charge is -2.10. The van der Waals surface area contributed by atoms with Gasteiger partial charge in [-0.25, -0.2) is 9.67 Å². The molecule has 1 amide bonds. The lowest BCUT2D eigenvalue weighted by Crippen LogP contribution is -2.13. The summed E-state index contributed by atoms with van der Waals surface area (Å²) >= 11 is 7.95. The average Bonchev–Trinajstić information content (AvgIpc) is 3.05. The number of hydrogen-bond donors (Lipinski definition) is 1. The van der Waals surface area contributed by atoms with Crippen LogP contribution in [0.25, 0.3) is 16.7 Å². The van der Waals surface area contributed by atoms with E-state index in [0.717, 1.165) is 38.6 Å². The number of hydrogen-bond acceptors (Lipinski definition) is 4. The Bertz CT molecular complexity index is 1280. The third kappa shape index (κ3) is 3.68. The average molecular weight is 437 g/mol. The molecule has 7 heteroatoms. The summed E-state index contributed by atoms with van der Waals surface area (Å²) in [6.07, 6.45) is 2.01. The van der Waals surface area contributed by atoms with Crippen molar-refractivity contribution in [3.05, 3.63) is 76.1 Å². The van der Waals surface area contributed by atoms with Crippen molar-refractivity contribution < 1.29 is 4.79 Å². The lowest BCUT2D eigenvalue weighted by atomic mass is 10.1. The second-order valence-corrected chi connectivity index (χ2v) is 8.36. The molecular weight excluding hydrogens is 416 g/mol. The molecule has 1 N–H and O–H groups in total. The molecule has 4 rings (SSSR count). The molecule has 0 fully saturated rings. The first kappa shape index (κ1) is 20.4. The molecule has 30 heavy (non-hydrogen) atoms. The van der Waals surface area contributed by atoms with Crippen LogP contribution < -0.4 is 5.32 Å². The van der Waals surface area contributed by atoms with Crippen LogP contribution in [0.4, 0.5) is 5.69 Å². The summed E-state index contributed by atoms with van der Waals surface area (Å²) in [5, 5.41) is 9.10. The van der Waals surface area contributed by atoms with E-state index in [1.54, 1.807) is 22.5 Å². The van der Waals surface area contributed by atoms with Crippen LogP contribution in [0, 0.1) is 20.8 Å². The van der Waals surface area contributed by atoms with Crippen molar-refractivity contribution in [2.45, 2.75) is 25.7 Å². The van der Waals surface area contributed by atoms with Crippen LogP contribution in [0.2, 0.25) is 5.02 Å². The number of thioether (sulfide) groups is 1. The Kier molecular flexibility index (Phi) is 5.54. The molecule has 4 aromatic rings. The Labute approximate surface area is 184 Å². The van der Waals surface area contributed by atoms with Crippen LogP contribution in [0.15, 0.2) is 53.4 Å². The van der Waals surface area contributed by atoms with Crippen molar-refractivity contribution in [3.8, 4) is 5.69 Å². The first-order chi connectivity index (χ1) is 14.4. The largest absolute Gasteiger partial charge is 0.322 e. The molecule has 152 valence electrons. The third-order valence-corrected chi connectivity index (χ3v) is 6.12. The number of carbonyl (C=O) groups is 1. The minimum Gasteiger partial charge on any atom is -0.322 e. The number of aromatic nitrogens is 3. The fourth-order valence-electron chi connectivity index (χ4n) is 3.49. The monoisotopic (exact) mass is 436 g/mol. The van der Waals surface area contributed by atoms with E-state index in [1.165, 1.54) is 0 Å². The van der Waals surface area contributed by atoms with E-state index in [9.17, 15) is 4.79 Å². The zero-order valence-corrected chi connectivity index (χ0v) is 18.7. The normalized spacial score (nSPS) is 11.1. The van der Waals surface area contributed by atoms with Crippen molar-refractivity contribution in [3.63, 3.8) is 0 Å². The predicted octanol–water partition coefficient (Wildman–Crippen LogP) is 5.97. The third-order valence-electron chi connectivity index (χ3n) is 4.98. The Balaban J connectivity index is 1.84. The Morgan fingerprint density at radius 1 is 1.10 bits per heavy atom. The van der Waals surface area contributed by atoms with E-state index in [0.29, 0.717) is 16.2 Å². The van der Waals surface area contributed by atoms with Gasteiger partial charge in [-0.3, -0.25) is 4.79 Å². The zero-order chi connectivity index (χ0) is 21.4. The van der Waals surface area contributed by atoms with Gasteiger partial charge in [-0.05, 0) is 69.0 Å². The predicted molar refractivity (Wildman–Crippen MR) is 124 cm³/mol. The van der Waals surface area contributed by atoms with Crippen LogP contribution in [-0.4, -0.2) is 26.9 Å². The van der Waals surface area contributed by atoms with Gasteiger partial charge in [0.05, 0.1) is 22.3 Å². The van der Waals surface area contributed by atoms with Crippen molar-refractivity contribution in [2.24, 2.45) is 0 Å². The highest BCUT2D eigenvalue weighted by Crippen LogP contribution is 2.29. The van der Waals surface area contributed by atoms with Crippen LogP contribution in [0.1, 0.15) is 27.3 Å². The van der Waals surface area contributed by atoms with Gasteiger partial charge in [0.15, 0.2) is 5.65 Å². The fraction of sp³-hybridized carbons (Fsp3) is 0.174. The topological polar surface area (TPSA) is 59.8 Å². The Morgan fingerprint density at radius 3 is 2.63 bits per heavy atom. The molecule has 0 bridgehead atoms. The molecule has 0 aliphatic rings. The molecule has 0 aliphatic heterocycles. The molecule has 0 unspecified atom stereocenters. The maximum atomic E-state index is 13.2. The molecule has 0 saturated heterocycles. The first-order valence-corrected chi connectivity index (χ1v) is 11.1. The second kappa shape index (κ2) is 8.13. The number of amides is 1. The van der Waals surface area contributed by atoms with Gasteiger partial charge in [-0.2, -0.15) is 5.10 Å². The van der Waals surface area contributed by atoms with Crippen LogP contribution in [0.3, 0.4) is 0 Å². The quantitative estimate of drug-likeness (QED) is 0.400. The van der Waals surface area contributed by atoms with Crippen LogP contribution in [-0.2, 0) is 0 Å². The number of aryl methyl sites for hydroxylation is 2. The van der Waals surface area contributed by atoms with E-state index in [2.05, 4.69) is 5.32 Å². The number of anilines is 1. The van der Waals surface area contributed by atoms with Gasteiger partial charge >= 0.3 is 0 Å². The Hall–Kier alpha value is -2.83. The molecule has 2 heterocycles. The van der Waals surface area contributed by atoms with E-state index in [4.69, 9.17) is 21.7 Å². The molecule has 0 saturated carbocycles. The Morgan fingerprint density at radius 2 is 1.87 bits per heavy atom. The minimum atomic E-state index is -0.186. The van der Waals surface area contributed by atoms with Crippen molar-refractivity contribution in [2.75, 3.05) is 11.6 Å². The smallest absolute Gasteiger partial charge is 0.256 e. The molecule has 0 radical (unpaired) electrons. The lowest BCUT2D eigenvalue weighted by molar-refractivity contribution is 0.102. The van der Waals surface area contributed by atoms with Gasteiger partial charge in [0.1, 0.15) is 0 Å². The van der Waals surface area contributed by atoms with Gasteiger partial charge in [-0.1, -0.05) is 23.7 Å². The summed E-state index contributed by atoms with van der Waals surface area (Å²) in [6, 6.07) is 15.3. The van der Waals surface area contributed by atoms with Gasteiger partial charge < -0.3 is 5.32 Å². The summed E-state index contributed by atoms with van der Waals surface area (Å²) in [5.41, 5.74) is 5.18. The number of pyridine rings is 1. The summed E-state index contributed by atoms with van der Waals surface area (Å²) in [7, 11) is 0. The number of fused-ring (bicyclic) bond motifs is 1. The van der Waals surface area contributed by atoms with Crippen LogP contribution >= 0.6 is 23.4 Å². The van der Waals surface area contributed by atoms with E-state index in [-0.39, 0.29) is 5.91 Å². The highest BCUT2D eigenvalue weighted by molar-refractivity contribution is 7.98. The highest BCUT2D eigenvalue weighted by Gasteiger charge is 2.20. The fourth-order valence-corrected chi connectivity index (χ4v) is 4.11. The maximum absolute atomic E-state index is 13.2. The van der Waals surface area contributed by atoms with Gasteiger partial charge in [0.25, 0.3) is 5.91 Å². The number of benzene rings is 2. The van der Waals surface area contributed by atoms with Gasteiger partial charge in [0.2, 0.25) is 0 Å². The zero-order valence-electron chi connectivity index (χ0n) is 17.2. The van der Waals surface area contributed by atoms with Crippen molar-refractivity contribution in [1.29, 1.82) is 0 Å². The van der Waals surface area contributed by atoms with E-state index >= 15 is 0 Å².